The van der Waals surface area contributed by atoms with E-state index in [1.54, 1.807) is 41.0 Å². The Bertz CT molecular complexity index is 1570. The Balaban J connectivity index is 1.76. The first-order chi connectivity index (χ1) is 16.0. The monoisotopic (exact) mass is 460 g/mol. The highest BCUT2D eigenvalue weighted by atomic mass is 35.5. The van der Waals surface area contributed by atoms with Crippen molar-refractivity contribution in [3.63, 3.8) is 0 Å². The van der Waals surface area contributed by atoms with E-state index in [-0.39, 0.29) is 30.1 Å². The minimum absolute atomic E-state index is 0.104. The summed E-state index contributed by atoms with van der Waals surface area (Å²) in [5.41, 5.74) is 1.54. The van der Waals surface area contributed by atoms with Gasteiger partial charge < -0.3 is 4.57 Å². The lowest BCUT2D eigenvalue weighted by Gasteiger charge is -2.13. The third-order valence-corrected chi connectivity index (χ3v) is 5.66. The third-order valence-electron chi connectivity index (χ3n) is 5.41. The molecule has 0 saturated heterocycles. The summed E-state index contributed by atoms with van der Waals surface area (Å²) in [5, 5.41) is 0.525. The summed E-state index contributed by atoms with van der Waals surface area (Å²) >= 11 is 6.04. The molecule has 0 radical (unpaired) electrons. The van der Waals surface area contributed by atoms with Crippen molar-refractivity contribution in [3.8, 4) is 5.69 Å². The van der Waals surface area contributed by atoms with Crippen LogP contribution in [0.2, 0.25) is 5.02 Å². The molecule has 0 amide bonds. The van der Waals surface area contributed by atoms with Crippen LogP contribution >= 0.6 is 11.6 Å². The van der Waals surface area contributed by atoms with Crippen molar-refractivity contribution in [2.75, 3.05) is 0 Å². The molecular weight excluding hydrogens is 443 g/mol. The molecule has 5 rings (SSSR count). The largest absolute Gasteiger partial charge is 0.337 e. The Labute approximate surface area is 192 Å². The van der Waals surface area contributed by atoms with Crippen molar-refractivity contribution in [2.45, 2.75) is 13.1 Å². The first-order valence-corrected chi connectivity index (χ1v) is 10.6. The average Bonchev–Trinajstić information content (AvgIpc) is 3.22. The van der Waals surface area contributed by atoms with Crippen molar-refractivity contribution >= 4 is 22.8 Å². The van der Waals surface area contributed by atoms with Crippen LogP contribution in [0.25, 0.3) is 16.9 Å². The second-order valence-electron chi connectivity index (χ2n) is 7.65. The van der Waals surface area contributed by atoms with Gasteiger partial charge in [-0.05, 0) is 47.5 Å². The molecule has 5 aromatic rings. The predicted molar refractivity (Wildman–Crippen MR) is 126 cm³/mol. The van der Waals surface area contributed by atoms with Crippen molar-refractivity contribution in [2.24, 2.45) is 0 Å². The predicted octanol–water partition coefficient (Wildman–Crippen LogP) is 4.24. The van der Waals surface area contributed by atoms with E-state index in [9.17, 15) is 14.0 Å². The Morgan fingerprint density at radius 1 is 0.848 bits per heavy atom. The van der Waals surface area contributed by atoms with Gasteiger partial charge in [-0.25, -0.2) is 18.7 Å². The highest BCUT2D eigenvalue weighted by Crippen LogP contribution is 2.17. The molecule has 3 aromatic carbocycles. The summed E-state index contributed by atoms with van der Waals surface area (Å²) in [4.78, 5) is 31.4. The van der Waals surface area contributed by atoms with E-state index in [1.165, 1.54) is 27.6 Å². The summed E-state index contributed by atoms with van der Waals surface area (Å²) in [5.74, 6) is -0.364. The molecule has 0 aliphatic rings. The molecule has 33 heavy (non-hydrogen) atoms. The van der Waals surface area contributed by atoms with E-state index in [4.69, 9.17) is 11.6 Å². The number of aromatic nitrogens is 4. The number of benzene rings is 3. The van der Waals surface area contributed by atoms with Crippen molar-refractivity contribution in [1.82, 2.24) is 18.7 Å². The first-order valence-electron chi connectivity index (χ1n) is 10.3. The molecule has 0 N–H and O–H groups in total. The van der Waals surface area contributed by atoms with E-state index in [0.717, 1.165) is 5.56 Å². The number of hydrogen-bond acceptors (Lipinski definition) is 3. The zero-order valence-corrected chi connectivity index (χ0v) is 18.1. The summed E-state index contributed by atoms with van der Waals surface area (Å²) in [6.07, 6.45) is 1.50. The van der Waals surface area contributed by atoms with Crippen molar-refractivity contribution in [1.29, 1.82) is 0 Å². The maximum Gasteiger partial charge on any atom is 0.337 e. The Morgan fingerprint density at radius 2 is 1.58 bits per heavy atom. The SMILES string of the molecule is O=c1c2c(ncn2Cc2cccc(F)c2)n(-c2ccc(Cl)cc2)c(=O)n1Cc1ccccc1. The third kappa shape index (κ3) is 3.99. The van der Waals surface area contributed by atoms with E-state index in [2.05, 4.69) is 4.98 Å². The molecule has 0 saturated carbocycles. The van der Waals surface area contributed by atoms with Crippen LogP contribution in [0.4, 0.5) is 4.39 Å². The number of imidazole rings is 1. The summed E-state index contributed by atoms with van der Waals surface area (Å²) in [7, 11) is 0. The van der Waals surface area contributed by atoms with Crippen LogP contribution in [0.15, 0.2) is 94.8 Å². The van der Waals surface area contributed by atoms with Gasteiger partial charge in [0.15, 0.2) is 11.2 Å². The fraction of sp³-hybridized carbons (Fsp3) is 0.0800. The highest BCUT2D eigenvalue weighted by Gasteiger charge is 2.19. The van der Waals surface area contributed by atoms with Gasteiger partial charge in [-0.1, -0.05) is 54.1 Å². The minimum Gasteiger partial charge on any atom is -0.320 e. The topological polar surface area (TPSA) is 61.8 Å². The maximum atomic E-state index is 13.7. The van der Waals surface area contributed by atoms with Crippen LogP contribution in [-0.2, 0) is 13.1 Å². The molecule has 0 unspecified atom stereocenters. The number of rotatable bonds is 5. The Kier molecular flexibility index (Phi) is 5.40. The molecule has 2 aromatic heterocycles. The van der Waals surface area contributed by atoms with E-state index in [1.807, 2.05) is 30.3 Å². The normalized spacial score (nSPS) is 11.2. The van der Waals surface area contributed by atoms with Crippen molar-refractivity contribution in [3.05, 3.63) is 128 Å². The first kappa shape index (κ1) is 20.9. The Morgan fingerprint density at radius 3 is 2.30 bits per heavy atom. The van der Waals surface area contributed by atoms with Gasteiger partial charge in [0.25, 0.3) is 5.56 Å². The van der Waals surface area contributed by atoms with Crippen LogP contribution in [0.3, 0.4) is 0 Å². The fourth-order valence-electron chi connectivity index (χ4n) is 3.86. The van der Waals surface area contributed by atoms with Crippen molar-refractivity contribution < 1.29 is 4.39 Å². The molecule has 0 aliphatic heterocycles. The van der Waals surface area contributed by atoms with Crippen LogP contribution < -0.4 is 11.2 Å². The van der Waals surface area contributed by atoms with Gasteiger partial charge in [-0.3, -0.25) is 9.36 Å². The van der Waals surface area contributed by atoms with Gasteiger partial charge in [0.2, 0.25) is 0 Å². The molecule has 0 fully saturated rings. The second-order valence-corrected chi connectivity index (χ2v) is 8.08. The zero-order valence-electron chi connectivity index (χ0n) is 17.4. The van der Waals surface area contributed by atoms with Crippen LogP contribution in [0, 0.1) is 5.82 Å². The summed E-state index contributed by atoms with van der Waals surface area (Å²) in [6.45, 7) is 0.334. The average molecular weight is 461 g/mol. The molecule has 6 nitrogen and oxygen atoms in total. The number of nitrogens with zero attached hydrogens (tertiary/aromatic N) is 4. The molecule has 0 spiro atoms. The number of halogens is 2. The number of fused-ring (bicyclic) bond motifs is 1. The standard InChI is InChI=1S/C25H18ClFN4O2/c26-19-9-11-21(12-10-19)31-23-22(29(16-28-23)14-18-7-4-8-20(27)13-18)24(32)30(25(31)33)15-17-5-2-1-3-6-17/h1-13,16H,14-15H2. The summed E-state index contributed by atoms with van der Waals surface area (Å²) < 4.78 is 17.9. The van der Waals surface area contributed by atoms with E-state index in [0.29, 0.717) is 16.3 Å². The molecule has 2 heterocycles. The molecule has 0 aliphatic carbocycles. The molecule has 164 valence electrons. The lowest BCUT2D eigenvalue weighted by atomic mass is 10.2. The quantitative estimate of drug-likeness (QED) is 0.394. The van der Waals surface area contributed by atoms with Gasteiger partial charge in [0.05, 0.1) is 18.6 Å². The minimum atomic E-state index is -0.505. The van der Waals surface area contributed by atoms with E-state index < -0.39 is 11.2 Å². The van der Waals surface area contributed by atoms with Gasteiger partial charge in [0.1, 0.15) is 5.82 Å². The lowest BCUT2D eigenvalue weighted by Crippen LogP contribution is -2.40. The lowest BCUT2D eigenvalue weighted by molar-refractivity contribution is 0.623. The fourth-order valence-corrected chi connectivity index (χ4v) is 3.99. The second kappa shape index (κ2) is 8.52. The Hall–Kier alpha value is -3.97. The molecular formula is C25H18ClFN4O2. The van der Waals surface area contributed by atoms with Crippen LogP contribution in [-0.4, -0.2) is 18.7 Å². The van der Waals surface area contributed by atoms with Gasteiger partial charge in [-0.2, -0.15) is 0 Å². The molecule has 8 heteroatoms. The van der Waals surface area contributed by atoms with Crippen LogP contribution in [0.1, 0.15) is 11.1 Å². The zero-order chi connectivity index (χ0) is 22.9. The smallest absolute Gasteiger partial charge is 0.320 e. The molecule has 0 bridgehead atoms. The summed E-state index contributed by atoms with van der Waals surface area (Å²) in [6, 6.07) is 22.2. The van der Waals surface area contributed by atoms with Gasteiger partial charge >= 0.3 is 5.69 Å². The molecule has 0 atom stereocenters. The van der Waals surface area contributed by atoms with Gasteiger partial charge in [-0.15, -0.1) is 0 Å². The number of hydrogen-bond donors (Lipinski definition) is 0. The highest BCUT2D eigenvalue weighted by molar-refractivity contribution is 6.30. The van der Waals surface area contributed by atoms with Crippen LogP contribution in [0.5, 0.6) is 0 Å². The van der Waals surface area contributed by atoms with Gasteiger partial charge in [0, 0.05) is 11.6 Å². The van der Waals surface area contributed by atoms with E-state index >= 15 is 0 Å². The maximum absolute atomic E-state index is 13.7.